The van der Waals surface area contributed by atoms with Gasteiger partial charge in [0, 0.05) is 28.5 Å². The lowest BCUT2D eigenvalue weighted by atomic mass is 10.1. The summed E-state index contributed by atoms with van der Waals surface area (Å²) in [6, 6.07) is 19.8. The van der Waals surface area contributed by atoms with Gasteiger partial charge in [-0.25, -0.2) is 4.79 Å². The topological polar surface area (TPSA) is 52.7 Å². The number of hydrogen-bond acceptors (Lipinski definition) is 3. The van der Waals surface area contributed by atoms with E-state index in [1.807, 2.05) is 67.3 Å². The van der Waals surface area contributed by atoms with E-state index in [-0.39, 0.29) is 18.5 Å². The summed E-state index contributed by atoms with van der Waals surface area (Å²) in [6.45, 7) is 9.86. The van der Waals surface area contributed by atoms with Crippen molar-refractivity contribution in [3.63, 3.8) is 0 Å². The molecule has 3 rings (SSSR count). The highest BCUT2D eigenvalue weighted by Crippen LogP contribution is 2.19. The number of unbranched alkanes of at least 4 members (excludes halogenated alkanes) is 1. The normalized spacial score (nSPS) is 10.7. The Labute approximate surface area is 207 Å². The van der Waals surface area contributed by atoms with Crippen molar-refractivity contribution in [3.8, 4) is 0 Å². The number of hydrogen-bond donors (Lipinski definition) is 1. The summed E-state index contributed by atoms with van der Waals surface area (Å²) in [5, 5.41) is 2.98. The third kappa shape index (κ3) is 7.45. The number of carbonyl (C=O) groups excluding carboxylic acids is 2. The largest absolute Gasteiger partial charge is 0.332 e. The van der Waals surface area contributed by atoms with Crippen molar-refractivity contribution in [2.24, 2.45) is 0 Å². The molecule has 0 fully saturated rings. The van der Waals surface area contributed by atoms with Gasteiger partial charge in [-0.15, -0.1) is 11.3 Å². The lowest BCUT2D eigenvalue weighted by Crippen LogP contribution is -2.44. The van der Waals surface area contributed by atoms with Crippen LogP contribution >= 0.6 is 11.3 Å². The van der Waals surface area contributed by atoms with Gasteiger partial charge in [-0.3, -0.25) is 4.79 Å². The molecule has 5 nitrogen and oxygen atoms in total. The Hall–Kier alpha value is -3.12. The Balaban J connectivity index is 1.75. The molecule has 0 unspecified atom stereocenters. The quantitative estimate of drug-likeness (QED) is 0.361. The fraction of sp³-hybridized carbons (Fsp3) is 0.357. The molecule has 34 heavy (non-hydrogen) atoms. The average Bonchev–Trinajstić information content (AvgIpc) is 3.23. The highest BCUT2D eigenvalue weighted by atomic mass is 32.1. The molecule has 1 aromatic heterocycles. The zero-order valence-electron chi connectivity index (χ0n) is 20.6. The fourth-order valence-electron chi connectivity index (χ4n) is 3.68. The summed E-state index contributed by atoms with van der Waals surface area (Å²) in [5.74, 6) is -0.0544. The van der Waals surface area contributed by atoms with Crippen LogP contribution in [-0.2, 0) is 17.9 Å². The zero-order valence-corrected chi connectivity index (χ0v) is 21.5. The van der Waals surface area contributed by atoms with Crippen molar-refractivity contribution >= 4 is 29.0 Å². The fourth-order valence-corrected chi connectivity index (χ4v) is 4.59. The Kier molecular flexibility index (Phi) is 9.28. The van der Waals surface area contributed by atoms with Crippen LogP contribution in [0.4, 0.5) is 10.5 Å². The first-order chi connectivity index (χ1) is 16.4. The van der Waals surface area contributed by atoms with E-state index in [4.69, 9.17) is 0 Å². The monoisotopic (exact) mass is 477 g/mol. The first-order valence-corrected chi connectivity index (χ1v) is 12.7. The molecule has 0 saturated carbocycles. The first kappa shape index (κ1) is 25.5. The minimum Gasteiger partial charge on any atom is -0.332 e. The molecule has 180 valence electrons. The van der Waals surface area contributed by atoms with E-state index >= 15 is 0 Å². The molecule has 3 aromatic rings. The average molecular weight is 478 g/mol. The smallest absolute Gasteiger partial charge is 0.322 e. The number of nitrogens with one attached hydrogen (secondary N) is 1. The van der Waals surface area contributed by atoms with Crippen LogP contribution in [0.15, 0.2) is 60.7 Å². The number of carbonyl (C=O) groups is 2. The van der Waals surface area contributed by atoms with E-state index < -0.39 is 0 Å². The molecular weight excluding hydrogens is 442 g/mol. The molecular formula is C28H35N3O2S. The van der Waals surface area contributed by atoms with Crippen LogP contribution in [-0.4, -0.2) is 34.8 Å². The SMILES string of the molecule is CCCCN(CC(=O)N(Cc1ccccc1)Cc1ccc(C)s1)C(=O)Nc1ccc(C)c(C)c1. The molecule has 0 aliphatic carbocycles. The van der Waals surface area contributed by atoms with Gasteiger partial charge >= 0.3 is 6.03 Å². The molecule has 1 N–H and O–H groups in total. The van der Waals surface area contributed by atoms with Gasteiger partial charge in [0.25, 0.3) is 0 Å². The second-order valence-corrected chi connectivity index (χ2v) is 10.1. The Morgan fingerprint density at radius 3 is 2.29 bits per heavy atom. The van der Waals surface area contributed by atoms with Crippen molar-refractivity contribution in [1.29, 1.82) is 0 Å². The Bertz CT molecular complexity index is 1090. The van der Waals surface area contributed by atoms with Crippen molar-refractivity contribution in [2.45, 2.75) is 53.6 Å². The van der Waals surface area contributed by atoms with E-state index in [1.54, 1.807) is 16.2 Å². The molecule has 0 atom stereocenters. The molecule has 0 spiro atoms. The molecule has 0 radical (unpaired) electrons. The molecule has 3 amide bonds. The van der Waals surface area contributed by atoms with E-state index in [0.29, 0.717) is 19.6 Å². The summed E-state index contributed by atoms with van der Waals surface area (Å²) in [5.41, 5.74) is 4.12. The van der Waals surface area contributed by atoms with Crippen LogP contribution in [0.5, 0.6) is 0 Å². The van der Waals surface area contributed by atoms with Crippen LogP contribution in [0.1, 0.15) is 46.2 Å². The number of urea groups is 1. The summed E-state index contributed by atoms with van der Waals surface area (Å²) < 4.78 is 0. The summed E-state index contributed by atoms with van der Waals surface area (Å²) >= 11 is 1.70. The molecule has 2 aromatic carbocycles. The maximum Gasteiger partial charge on any atom is 0.322 e. The summed E-state index contributed by atoms with van der Waals surface area (Å²) in [4.78, 5) is 32.5. The van der Waals surface area contributed by atoms with Gasteiger partial charge in [-0.05, 0) is 68.1 Å². The standard InChI is InChI=1S/C28H35N3O2S/c1-5-6-16-30(28(33)29-25-14-12-21(2)22(3)17-25)20-27(32)31(18-24-10-8-7-9-11-24)19-26-15-13-23(4)34-26/h7-15,17H,5-6,16,18-20H2,1-4H3,(H,29,33). The highest BCUT2D eigenvalue weighted by molar-refractivity contribution is 7.11. The lowest BCUT2D eigenvalue weighted by Gasteiger charge is -2.28. The minimum atomic E-state index is -0.239. The van der Waals surface area contributed by atoms with Gasteiger partial charge in [0.1, 0.15) is 6.54 Å². The Morgan fingerprint density at radius 1 is 0.882 bits per heavy atom. The van der Waals surface area contributed by atoms with Crippen molar-refractivity contribution < 1.29 is 9.59 Å². The molecule has 6 heteroatoms. The van der Waals surface area contributed by atoms with Crippen LogP contribution < -0.4 is 5.32 Å². The molecule has 0 saturated heterocycles. The highest BCUT2D eigenvalue weighted by Gasteiger charge is 2.22. The van der Waals surface area contributed by atoms with E-state index in [2.05, 4.69) is 31.3 Å². The van der Waals surface area contributed by atoms with Crippen LogP contribution in [0.2, 0.25) is 0 Å². The predicted octanol–water partition coefficient (Wildman–Crippen LogP) is 6.54. The molecule has 0 aliphatic heterocycles. The minimum absolute atomic E-state index is 0.0495. The number of thiophene rings is 1. The number of aryl methyl sites for hydroxylation is 3. The third-order valence-electron chi connectivity index (χ3n) is 5.86. The van der Waals surface area contributed by atoms with Crippen LogP contribution in [0, 0.1) is 20.8 Å². The maximum absolute atomic E-state index is 13.5. The van der Waals surface area contributed by atoms with Gasteiger partial charge in [0.2, 0.25) is 5.91 Å². The molecule has 0 aliphatic rings. The van der Waals surface area contributed by atoms with E-state index in [9.17, 15) is 9.59 Å². The first-order valence-electron chi connectivity index (χ1n) is 11.9. The molecule has 1 heterocycles. The summed E-state index contributed by atoms with van der Waals surface area (Å²) in [7, 11) is 0. The number of anilines is 1. The second-order valence-electron chi connectivity index (χ2n) is 8.75. The predicted molar refractivity (Wildman–Crippen MR) is 141 cm³/mol. The summed E-state index contributed by atoms with van der Waals surface area (Å²) in [6.07, 6.45) is 1.79. The van der Waals surface area contributed by atoms with Crippen molar-refractivity contribution in [1.82, 2.24) is 9.80 Å². The number of nitrogens with zero attached hydrogens (tertiary/aromatic N) is 2. The van der Waals surface area contributed by atoms with Gasteiger partial charge in [-0.1, -0.05) is 49.7 Å². The molecule has 0 bridgehead atoms. The Morgan fingerprint density at radius 2 is 1.65 bits per heavy atom. The van der Waals surface area contributed by atoms with E-state index in [0.717, 1.165) is 34.5 Å². The number of amides is 3. The van der Waals surface area contributed by atoms with Crippen molar-refractivity contribution in [2.75, 3.05) is 18.4 Å². The third-order valence-corrected chi connectivity index (χ3v) is 6.85. The number of benzene rings is 2. The number of rotatable bonds is 10. The van der Waals surface area contributed by atoms with E-state index in [1.165, 1.54) is 10.4 Å². The van der Waals surface area contributed by atoms with Crippen LogP contribution in [0.3, 0.4) is 0 Å². The zero-order chi connectivity index (χ0) is 24.5. The lowest BCUT2D eigenvalue weighted by molar-refractivity contribution is -0.133. The van der Waals surface area contributed by atoms with Gasteiger partial charge < -0.3 is 15.1 Å². The maximum atomic E-state index is 13.5. The second kappa shape index (κ2) is 12.4. The van der Waals surface area contributed by atoms with Gasteiger partial charge in [-0.2, -0.15) is 0 Å². The van der Waals surface area contributed by atoms with Crippen LogP contribution in [0.25, 0.3) is 0 Å². The van der Waals surface area contributed by atoms with Gasteiger partial charge in [0.15, 0.2) is 0 Å². The van der Waals surface area contributed by atoms with Crippen molar-refractivity contribution in [3.05, 3.63) is 87.1 Å². The van der Waals surface area contributed by atoms with Gasteiger partial charge in [0.05, 0.1) is 6.54 Å².